The molecular formula is C24H19FN2O2. The van der Waals surface area contributed by atoms with Gasteiger partial charge in [0.1, 0.15) is 5.82 Å². The highest BCUT2D eigenvalue weighted by Crippen LogP contribution is 2.46. The lowest BCUT2D eigenvalue weighted by molar-refractivity contribution is -0.119. The van der Waals surface area contributed by atoms with Crippen LogP contribution in [0.5, 0.6) is 0 Å². The summed E-state index contributed by atoms with van der Waals surface area (Å²) in [5.74, 6) is -1.14. The molecule has 2 atom stereocenters. The first kappa shape index (κ1) is 17.6. The molecule has 3 aromatic carbocycles. The van der Waals surface area contributed by atoms with Crippen molar-refractivity contribution in [3.05, 3.63) is 101 Å². The van der Waals surface area contributed by atoms with Gasteiger partial charge in [-0.3, -0.25) is 9.59 Å². The number of nitrogens with one attached hydrogen (secondary N) is 1. The van der Waals surface area contributed by atoms with Crippen LogP contribution in [0.2, 0.25) is 0 Å². The van der Waals surface area contributed by atoms with Gasteiger partial charge in [0.25, 0.3) is 5.91 Å². The Labute approximate surface area is 168 Å². The van der Waals surface area contributed by atoms with Gasteiger partial charge in [0, 0.05) is 17.8 Å². The van der Waals surface area contributed by atoms with Crippen molar-refractivity contribution in [3.63, 3.8) is 0 Å². The summed E-state index contributed by atoms with van der Waals surface area (Å²) in [7, 11) is 0. The molecule has 0 unspecified atom stereocenters. The SMILES string of the molecule is O=C(Nc1ccc(F)cc1)[C@@H]1c2ccccc2C(=O)N2CCc3ccccc3[C@@H]12. The molecule has 2 aliphatic heterocycles. The van der Waals surface area contributed by atoms with Crippen LogP contribution in [0.4, 0.5) is 10.1 Å². The van der Waals surface area contributed by atoms with Gasteiger partial charge in [-0.2, -0.15) is 0 Å². The maximum atomic E-state index is 13.4. The third-order valence-electron chi connectivity index (χ3n) is 5.83. The van der Waals surface area contributed by atoms with E-state index in [1.54, 1.807) is 18.2 Å². The molecule has 2 aliphatic rings. The molecule has 0 saturated heterocycles. The van der Waals surface area contributed by atoms with E-state index in [0.29, 0.717) is 17.8 Å². The fraction of sp³-hybridized carbons (Fsp3) is 0.167. The zero-order valence-corrected chi connectivity index (χ0v) is 15.6. The monoisotopic (exact) mass is 386 g/mol. The molecule has 4 nitrogen and oxygen atoms in total. The first-order valence-electron chi connectivity index (χ1n) is 9.67. The zero-order chi connectivity index (χ0) is 20.0. The van der Waals surface area contributed by atoms with Gasteiger partial charge >= 0.3 is 0 Å². The van der Waals surface area contributed by atoms with Crippen LogP contribution in [0.1, 0.15) is 39.0 Å². The summed E-state index contributed by atoms with van der Waals surface area (Å²) in [6, 6.07) is 20.7. The Bertz CT molecular complexity index is 1110. The molecule has 0 aliphatic carbocycles. The average Bonchev–Trinajstić information content (AvgIpc) is 2.75. The molecule has 2 heterocycles. The molecule has 5 heteroatoms. The Kier molecular flexibility index (Phi) is 4.16. The summed E-state index contributed by atoms with van der Waals surface area (Å²) in [6.07, 6.45) is 0.771. The van der Waals surface area contributed by atoms with Crippen molar-refractivity contribution in [2.24, 2.45) is 0 Å². The van der Waals surface area contributed by atoms with Crippen molar-refractivity contribution in [1.82, 2.24) is 4.90 Å². The smallest absolute Gasteiger partial charge is 0.254 e. The maximum absolute atomic E-state index is 13.4. The van der Waals surface area contributed by atoms with Gasteiger partial charge in [-0.1, -0.05) is 42.5 Å². The maximum Gasteiger partial charge on any atom is 0.254 e. The highest BCUT2D eigenvalue weighted by molar-refractivity contribution is 6.04. The van der Waals surface area contributed by atoms with Crippen LogP contribution in [0.25, 0.3) is 0 Å². The van der Waals surface area contributed by atoms with Crippen LogP contribution < -0.4 is 5.32 Å². The molecule has 2 amide bonds. The minimum atomic E-state index is -0.546. The van der Waals surface area contributed by atoms with Crippen molar-refractivity contribution in [3.8, 4) is 0 Å². The van der Waals surface area contributed by atoms with Crippen LogP contribution in [-0.4, -0.2) is 23.3 Å². The van der Waals surface area contributed by atoms with Gasteiger partial charge in [0.15, 0.2) is 0 Å². The summed E-state index contributed by atoms with van der Waals surface area (Å²) in [5, 5.41) is 2.91. The number of halogens is 1. The fourth-order valence-electron chi connectivity index (χ4n) is 4.51. The number of hydrogen-bond acceptors (Lipinski definition) is 2. The molecule has 0 saturated carbocycles. The van der Waals surface area contributed by atoms with E-state index < -0.39 is 5.92 Å². The largest absolute Gasteiger partial charge is 0.330 e. The summed E-state index contributed by atoms with van der Waals surface area (Å²) in [4.78, 5) is 28.4. The third kappa shape index (κ3) is 2.90. The topological polar surface area (TPSA) is 49.4 Å². The lowest BCUT2D eigenvalue weighted by Crippen LogP contribution is -2.49. The number of carbonyl (C=O) groups excluding carboxylic acids is 2. The first-order valence-corrected chi connectivity index (χ1v) is 9.67. The van der Waals surface area contributed by atoms with Crippen LogP contribution in [0, 0.1) is 5.82 Å². The minimum absolute atomic E-state index is 0.0362. The lowest BCUT2D eigenvalue weighted by atomic mass is 9.76. The van der Waals surface area contributed by atoms with Gasteiger partial charge in [0.2, 0.25) is 5.91 Å². The standard InChI is InChI=1S/C24H19FN2O2/c25-16-9-11-17(12-10-16)26-23(28)21-19-7-3-4-8-20(19)24(29)27-14-13-15-5-1-2-6-18(15)22(21)27/h1-12,21-22H,13-14H2,(H,26,28)/t21-,22+/m1/s1. The zero-order valence-electron chi connectivity index (χ0n) is 15.6. The van der Waals surface area contributed by atoms with Crippen molar-refractivity contribution >= 4 is 17.5 Å². The molecule has 3 aromatic rings. The molecule has 0 bridgehead atoms. The van der Waals surface area contributed by atoms with Gasteiger partial charge in [-0.15, -0.1) is 0 Å². The molecule has 29 heavy (non-hydrogen) atoms. The summed E-state index contributed by atoms with van der Waals surface area (Å²) in [5.41, 5.74) is 4.01. The average molecular weight is 386 g/mol. The molecule has 1 N–H and O–H groups in total. The number of fused-ring (bicyclic) bond motifs is 4. The minimum Gasteiger partial charge on any atom is -0.330 e. The lowest BCUT2D eigenvalue weighted by Gasteiger charge is -2.45. The number of nitrogens with zero attached hydrogens (tertiary/aromatic N) is 1. The predicted octanol–water partition coefficient (Wildman–Crippen LogP) is 4.30. The van der Waals surface area contributed by atoms with Crippen LogP contribution in [0.15, 0.2) is 72.8 Å². The quantitative estimate of drug-likeness (QED) is 0.714. The van der Waals surface area contributed by atoms with Crippen LogP contribution in [0.3, 0.4) is 0 Å². The Morgan fingerprint density at radius 3 is 2.41 bits per heavy atom. The van der Waals surface area contributed by atoms with E-state index in [1.807, 2.05) is 41.3 Å². The molecule has 144 valence electrons. The normalized spacial score (nSPS) is 19.8. The molecule has 0 radical (unpaired) electrons. The van der Waals surface area contributed by atoms with E-state index in [-0.39, 0.29) is 23.7 Å². The second-order valence-corrected chi connectivity index (χ2v) is 7.45. The van der Waals surface area contributed by atoms with Crippen molar-refractivity contribution in [1.29, 1.82) is 0 Å². The van der Waals surface area contributed by atoms with E-state index >= 15 is 0 Å². The number of amides is 2. The fourth-order valence-corrected chi connectivity index (χ4v) is 4.51. The van der Waals surface area contributed by atoms with Crippen molar-refractivity contribution in [2.45, 2.75) is 18.4 Å². The van der Waals surface area contributed by atoms with Crippen molar-refractivity contribution < 1.29 is 14.0 Å². The van der Waals surface area contributed by atoms with Gasteiger partial charge in [0.05, 0.1) is 12.0 Å². The molecular weight excluding hydrogens is 367 g/mol. The van der Waals surface area contributed by atoms with Gasteiger partial charge < -0.3 is 10.2 Å². The Morgan fingerprint density at radius 2 is 1.62 bits per heavy atom. The molecule has 0 fully saturated rings. The van der Waals surface area contributed by atoms with Crippen molar-refractivity contribution in [2.75, 3.05) is 11.9 Å². The van der Waals surface area contributed by atoms with E-state index in [2.05, 4.69) is 11.4 Å². The summed E-state index contributed by atoms with van der Waals surface area (Å²) < 4.78 is 13.2. The highest BCUT2D eigenvalue weighted by atomic mass is 19.1. The van der Waals surface area contributed by atoms with E-state index in [4.69, 9.17) is 0 Å². The number of carbonyl (C=O) groups is 2. The van der Waals surface area contributed by atoms with E-state index in [1.165, 1.54) is 17.7 Å². The number of hydrogen-bond donors (Lipinski definition) is 1. The highest BCUT2D eigenvalue weighted by Gasteiger charge is 2.46. The molecule has 0 aromatic heterocycles. The van der Waals surface area contributed by atoms with Crippen LogP contribution in [-0.2, 0) is 11.2 Å². The molecule has 0 spiro atoms. The van der Waals surface area contributed by atoms with Crippen LogP contribution >= 0.6 is 0 Å². The Balaban J connectivity index is 1.62. The summed E-state index contributed by atoms with van der Waals surface area (Å²) in [6.45, 7) is 0.579. The third-order valence-corrected chi connectivity index (χ3v) is 5.83. The number of anilines is 1. The van der Waals surface area contributed by atoms with E-state index in [9.17, 15) is 14.0 Å². The number of benzene rings is 3. The molecule has 5 rings (SSSR count). The second kappa shape index (κ2) is 6.85. The predicted molar refractivity (Wildman–Crippen MR) is 108 cm³/mol. The number of rotatable bonds is 2. The Hall–Kier alpha value is -3.47. The first-order chi connectivity index (χ1) is 14.1. The summed E-state index contributed by atoms with van der Waals surface area (Å²) >= 11 is 0. The Morgan fingerprint density at radius 1 is 0.931 bits per heavy atom. The van der Waals surface area contributed by atoms with Gasteiger partial charge in [-0.25, -0.2) is 4.39 Å². The van der Waals surface area contributed by atoms with E-state index in [0.717, 1.165) is 17.5 Å². The van der Waals surface area contributed by atoms with Gasteiger partial charge in [-0.05, 0) is 53.4 Å². The second-order valence-electron chi connectivity index (χ2n) is 7.45.